The summed E-state index contributed by atoms with van der Waals surface area (Å²) >= 11 is 0. The predicted molar refractivity (Wildman–Crippen MR) is 162 cm³/mol. The topological polar surface area (TPSA) is 117 Å². The number of nitrogens with one attached hydrogen (secondary N) is 4. The number of carbonyl (C=O) groups excluding carboxylic acids is 1. The maximum Gasteiger partial charge on any atom is 0.246 e. The fraction of sp³-hybridized carbons (Fsp3) is 0.517. The summed E-state index contributed by atoms with van der Waals surface area (Å²) in [5.74, 6) is 6.90. The van der Waals surface area contributed by atoms with Gasteiger partial charge >= 0.3 is 0 Å². The van der Waals surface area contributed by atoms with Crippen LogP contribution in [0.5, 0.6) is 5.75 Å². The monoisotopic (exact) mass is 556 g/mol. The molecular formula is C29H44N6O3S. The number of benzene rings is 1. The smallest absolute Gasteiger partial charge is 0.246 e. The molecule has 1 heterocycles. The summed E-state index contributed by atoms with van der Waals surface area (Å²) in [6.07, 6.45) is 4.40. The minimum atomic E-state index is -2.46. The molecule has 0 bridgehead atoms. The number of carbonyl (C=O) groups is 1. The Labute approximate surface area is 233 Å². The number of hydrogen-bond donors (Lipinski definition) is 4. The van der Waals surface area contributed by atoms with Crippen LogP contribution in [0.25, 0.3) is 0 Å². The van der Waals surface area contributed by atoms with E-state index in [4.69, 9.17) is 14.7 Å². The Hall–Kier alpha value is -3.11. The molecule has 39 heavy (non-hydrogen) atoms. The van der Waals surface area contributed by atoms with Crippen LogP contribution >= 0.6 is 0 Å². The minimum Gasteiger partial charge on any atom is -0.497 e. The highest BCUT2D eigenvalue weighted by Crippen LogP contribution is 2.32. The number of anilines is 2. The average molecular weight is 557 g/mol. The molecule has 9 nitrogen and oxygen atoms in total. The molecule has 1 amide bonds. The van der Waals surface area contributed by atoms with Crippen molar-refractivity contribution in [2.75, 3.05) is 36.6 Å². The summed E-state index contributed by atoms with van der Waals surface area (Å²) in [6.45, 7) is 10.1. The van der Waals surface area contributed by atoms with Crippen molar-refractivity contribution in [1.82, 2.24) is 20.0 Å². The lowest BCUT2D eigenvalue weighted by molar-refractivity contribution is -0.117. The molecule has 0 radical (unpaired) electrons. The Morgan fingerprint density at radius 1 is 1.13 bits per heavy atom. The molecule has 10 heteroatoms. The van der Waals surface area contributed by atoms with E-state index >= 15 is 0 Å². The van der Waals surface area contributed by atoms with E-state index in [0.29, 0.717) is 43.5 Å². The fourth-order valence-electron chi connectivity index (χ4n) is 4.66. The van der Waals surface area contributed by atoms with Gasteiger partial charge in [0, 0.05) is 40.7 Å². The molecule has 0 saturated carbocycles. The Balaban J connectivity index is 1.90. The van der Waals surface area contributed by atoms with Gasteiger partial charge in [0.2, 0.25) is 5.91 Å². The number of likely N-dealkylation sites (N-methyl/N-ethyl adjacent to an activating group) is 1. The quantitative estimate of drug-likeness (QED) is 0.246. The van der Waals surface area contributed by atoms with Crippen molar-refractivity contribution in [1.29, 1.82) is 0 Å². The molecule has 1 aliphatic carbocycles. The standard InChI is InChI=1S/C29H44N6O3S/c1-7-30-27-25(16-22-9-12-23(15-22)29(36)31-8-2)34-26(18-33-39(6,37)19-20(3)4)35-28(27)32-17-21-10-13-24(38-5)14-11-21/h10-11,13-15,20,22,30H,6-9,12,16-19H2,1-5H3,(H,31,36)(H,33,37)(H,32,34,35). The van der Waals surface area contributed by atoms with Crippen molar-refractivity contribution in [2.24, 2.45) is 11.8 Å². The SMILES string of the molecule is C=S(=O)(CC(C)C)NCc1nc(CC2C=C(C(=O)NCC)CC2)c(NCC)c(NCc2ccc(OC)cc2)n1. The molecule has 3 rings (SSSR count). The molecule has 1 aromatic heterocycles. The zero-order valence-electron chi connectivity index (χ0n) is 23.9. The van der Waals surface area contributed by atoms with Gasteiger partial charge in [-0.2, -0.15) is 0 Å². The first-order valence-electron chi connectivity index (χ1n) is 13.7. The fourth-order valence-corrected chi connectivity index (χ4v) is 6.25. The van der Waals surface area contributed by atoms with E-state index in [-0.39, 0.29) is 24.3 Å². The summed E-state index contributed by atoms with van der Waals surface area (Å²) in [7, 11) is -0.813. The first-order valence-corrected chi connectivity index (χ1v) is 15.6. The van der Waals surface area contributed by atoms with Gasteiger partial charge in [0.1, 0.15) is 11.6 Å². The van der Waals surface area contributed by atoms with Gasteiger partial charge < -0.3 is 20.7 Å². The second kappa shape index (κ2) is 14.3. The third kappa shape index (κ3) is 9.25. The number of rotatable bonds is 15. The van der Waals surface area contributed by atoms with Gasteiger partial charge in [0.05, 0.1) is 25.0 Å². The van der Waals surface area contributed by atoms with Crippen LogP contribution in [0.15, 0.2) is 35.9 Å². The van der Waals surface area contributed by atoms with E-state index in [0.717, 1.165) is 41.1 Å². The maximum absolute atomic E-state index is 12.9. The normalized spacial score (nSPS) is 16.5. The van der Waals surface area contributed by atoms with Crippen molar-refractivity contribution < 1.29 is 13.7 Å². The molecule has 4 N–H and O–H groups in total. The zero-order chi connectivity index (χ0) is 28.4. The van der Waals surface area contributed by atoms with Crippen LogP contribution in [0.1, 0.15) is 57.6 Å². The molecule has 0 aliphatic heterocycles. The highest BCUT2D eigenvalue weighted by molar-refractivity contribution is 7.98. The van der Waals surface area contributed by atoms with Crippen LogP contribution in [0.3, 0.4) is 0 Å². The first kappa shape index (κ1) is 30.4. The van der Waals surface area contributed by atoms with E-state index in [2.05, 4.69) is 32.6 Å². The van der Waals surface area contributed by atoms with Gasteiger partial charge in [-0.25, -0.2) is 14.7 Å². The van der Waals surface area contributed by atoms with Crippen molar-refractivity contribution in [3.05, 3.63) is 53.0 Å². The molecule has 1 aromatic carbocycles. The van der Waals surface area contributed by atoms with Crippen LogP contribution in [0.2, 0.25) is 0 Å². The van der Waals surface area contributed by atoms with Gasteiger partial charge in [0.15, 0.2) is 5.82 Å². The lowest BCUT2D eigenvalue weighted by atomic mass is 10.0. The molecule has 0 spiro atoms. The Kier molecular flexibility index (Phi) is 11.2. The number of amides is 1. The molecule has 2 aromatic rings. The molecular weight excluding hydrogens is 512 g/mol. The second-order valence-corrected chi connectivity index (χ2v) is 12.5. The summed E-state index contributed by atoms with van der Waals surface area (Å²) in [4.78, 5) is 22.1. The summed E-state index contributed by atoms with van der Waals surface area (Å²) in [5, 5.41) is 9.84. The zero-order valence-corrected chi connectivity index (χ0v) is 24.7. The van der Waals surface area contributed by atoms with E-state index in [1.165, 1.54) is 0 Å². The lowest BCUT2D eigenvalue weighted by Gasteiger charge is -2.20. The highest BCUT2D eigenvalue weighted by atomic mass is 32.2. The Morgan fingerprint density at radius 3 is 2.51 bits per heavy atom. The summed E-state index contributed by atoms with van der Waals surface area (Å²) < 4.78 is 21.3. The molecule has 2 unspecified atom stereocenters. The number of allylic oxidation sites excluding steroid dienone is 1. The first-order chi connectivity index (χ1) is 18.6. The summed E-state index contributed by atoms with van der Waals surface area (Å²) in [5.41, 5.74) is 3.65. The minimum absolute atomic E-state index is 0.0108. The van der Waals surface area contributed by atoms with Gasteiger partial charge in [-0.05, 0) is 68.5 Å². The van der Waals surface area contributed by atoms with Crippen molar-refractivity contribution in [3.8, 4) is 5.75 Å². The van der Waals surface area contributed by atoms with Gasteiger partial charge in [-0.15, -0.1) is 0 Å². The van der Waals surface area contributed by atoms with Crippen LogP contribution < -0.4 is 25.4 Å². The number of ether oxygens (including phenoxy) is 1. The summed E-state index contributed by atoms with van der Waals surface area (Å²) in [6, 6.07) is 7.89. The van der Waals surface area contributed by atoms with E-state index < -0.39 is 9.71 Å². The third-order valence-corrected chi connectivity index (χ3v) is 8.28. The van der Waals surface area contributed by atoms with Crippen LogP contribution in [0, 0.1) is 11.8 Å². The van der Waals surface area contributed by atoms with Gasteiger partial charge in [-0.3, -0.25) is 9.00 Å². The van der Waals surface area contributed by atoms with Crippen LogP contribution in [-0.4, -0.2) is 51.9 Å². The molecule has 0 saturated heterocycles. The average Bonchev–Trinajstić information content (AvgIpc) is 3.36. The van der Waals surface area contributed by atoms with Crippen molar-refractivity contribution in [2.45, 2.75) is 60.0 Å². The third-order valence-electron chi connectivity index (χ3n) is 6.40. The Morgan fingerprint density at radius 2 is 1.87 bits per heavy atom. The molecule has 214 valence electrons. The number of nitrogens with zero attached hydrogens (tertiary/aromatic N) is 2. The van der Waals surface area contributed by atoms with Crippen LogP contribution in [-0.2, 0) is 34.0 Å². The van der Waals surface area contributed by atoms with Crippen molar-refractivity contribution >= 4 is 33.0 Å². The molecule has 1 aliphatic rings. The highest BCUT2D eigenvalue weighted by Gasteiger charge is 2.24. The second-order valence-electron chi connectivity index (χ2n) is 10.3. The van der Waals surface area contributed by atoms with Gasteiger partial charge in [0.25, 0.3) is 0 Å². The molecule has 0 fully saturated rings. The number of methoxy groups -OCH3 is 1. The Bertz CT molecular complexity index is 1240. The largest absolute Gasteiger partial charge is 0.497 e. The van der Waals surface area contributed by atoms with E-state index in [1.54, 1.807) is 7.11 Å². The molecule has 2 atom stereocenters. The van der Waals surface area contributed by atoms with E-state index in [1.807, 2.05) is 52.0 Å². The van der Waals surface area contributed by atoms with E-state index in [9.17, 15) is 9.00 Å². The number of aromatic nitrogens is 2. The van der Waals surface area contributed by atoms with Crippen LogP contribution in [0.4, 0.5) is 11.5 Å². The number of hydrogen-bond acceptors (Lipinski definition) is 7. The van der Waals surface area contributed by atoms with Gasteiger partial charge in [-0.1, -0.05) is 32.1 Å². The maximum atomic E-state index is 12.9. The predicted octanol–water partition coefficient (Wildman–Crippen LogP) is 3.92. The van der Waals surface area contributed by atoms with Crippen molar-refractivity contribution in [3.63, 3.8) is 0 Å². The lowest BCUT2D eigenvalue weighted by Crippen LogP contribution is -2.29.